The van der Waals surface area contributed by atoms with Gasteiger partial charge in [0.05, 0.1) is 5.69 Å². The maximum absolute atomic E-state index is 13.6. The minimum atomic E-state index is -0.288. The molecule has 1 N–H and O–H groups in total. The molecule has 3 aromatic rings. The fourth-order valence-corrected chi connectivity index (χ4v) is 3.19. The van der Waals surface area contributed by atoms with Gasteiger partial charge in [-0.2, -0.15) is 5.26 Å². The summed E-state index contributed by atoms with van der Waals surface area (Å²) in [5, 5.41) is 14.9. The standard InChI is InChI=1S/C19H13BrFN3S/c1-12-2-7-16(8-17(12)21)23-10-14(9-22)19-24-18(11-25-19)13-3-5-15(20)6-4-13/h2-8,10-11,23H,1H3. The van der Waals surface area contributed by atoms with Crippen LogP contribution in [-0.4, -0.2) is 4.98 Å². The van der Waals surface area contributed by atoms with Crippen molar-refractivity contribution in [2.75, 3.05) is 5.32 Å². The quantitative estimate of drug-likeness (QED) is 0.533. The number of aryl methyl sites for hydroxylation is 1. The number of anilines is 1. The third-order valence-electron chi connectivity index (χ3n) is 3.55. The van der Waals surface area contributed by atoms with E-state index < -0.39 is 0 Å². The van der Waals surface area contributed by atoms with Crippen molar-refractivity contribution < 1.29 is 4.39 Å². The van der Waals surface area contributed by atoms with Crippen LogP contribution in [0.5, 0.6) is 0 Å². The van der Waals surface area contributed by atoms with Gasteiger partial charge in [0, 0.05) is 27.3 Å². The second-order valence-electron chi connectivity index (χ2n) is 5.32. The highest BCUT2D eigenvalue weighted by molar-refractivity contribution is 9.10. The molecule has 0 spiro atoms. The molecule has 1 heterocycles. The molecule has 3 nitrogen and oxygen atoms in total. The Morgan fingerprint density at radius 1 is 1.28 bits per heavy atom. The predicted molar refractivity (Wildman–Crippen MR) is 104 cm³/mol. The van der Waals surface area contributed by atoms with Crippen LogP contribution in [0, 0.1) is 24.1 Å². The molecule has 0 fully saturated rings. The molecule has 0 aliphatic heterocycles. The maximum Gasteiger partial charge on any atom is 0.136 e. The van der Waals surface area contributed by atoms with E-state index in [1.807, 2.05) is 29.6 Å². The minimum absolute atomic E-state index is 0.288. The van der Waals surface area contributed by atoms with Crippen LogP contribution < -0.4 is 5.32 Å². The zero-order valence-corrected chi connectivity index (χ0v) is 15.7. The Morgan fingerprint density at radius 2 is 2.04 bits per heavy atom. The first-order chi connectivity index (χ1) is 12.1. The summed E-state index contributed by atoms with van der Waals surface area (Å²) in [6.07, 6.45) is 1.55. The molecule has 1 aromatic heterocycles. The van der Waals surface area contributed by atoms with Gasteiger partial charge in [0.15, 0.2) is 0 Å². The van der Waals surface area contributed by atoms with Crippen molar-refractivity contribution in [3.05, 3.63) is 74.9 Å². The van der Waals surface area contributed by atoms with Crippen molar-refractivity contribution >= 4 is 38.5 Å². The monoisotopic (exact) mass is 413 g/mol. The van der Waals surface area contributed by atoms with E-state index in [1.165, 1.54) is 17.4 Å². The van der Waals surface area contributed by atoms with Gasteiger partial charge >= 0.3 is 0 Å². The van der Waals surface area contributed by atoms with E-state index in [0.29, 0.717) is 21.8 Å². The first-order valence-electron chi connectivity index (χ1n) is 7.41. The summed E-state index contributed by atoms with van der Waals surface area (Å²) in [7, 11) is 0. The Hall–Kier alpha value is -2.49. The molecule has 0 unspecified atom stereocenters. The minimum Gasteiger partial charge on any atom is -0.360 e. The summed E-state index contributed by atoms with van der Waals surface area (Å²) >= 11 is 4.80. The lowest BCUT2D eigenvalue weighted by atomic mass is 10.2. The van der Waals surface area contributed by atoms with E-state index in [9.17, 15) is 9.65 Å². The molecule has 0 saturated carbocycles. The van der Waals surface area contributed by atoms with Gasteiger partial charge < -0.3 is 5.32 Å². The van der Waals surface area contributed by atoms with Crippen molar-refractivity contribution in [1.82, 2.24) is 4.98 Å². The van der Waals surface area contributed by atoms with Crippen molar-refractivity contribution in [1.29, 1.82) is 5.26 Å². The highest BCUT2D eigenvalue weighted by Crippen LogP contribution is 2.27. The predicted octanol–water partition coefficient (Wildman–Crippen LogP) is 6.00. The molecule has 0 aliphatic carbocycles. The third kappa shape index (κ3) is 4.13. The normalized spacial score (nSPS) is 11.2. The lowest BCUT2D eigenvalue weighted by molar-refractivity contribution is 0.619. The Bertz CT molecular complexity index is 971. The lowest BCUT2D eigenvalue weighted by Crippen LogP contribution is -1.93. The molecular weight excluding hydrogens is 401 g/mol. The second kappa shape index (κ2) is 7.60. The van der Waals surface area contributed by atoms with Crippen LogP contribution >= 0.6 is 27.3 Å². The zero-order chi connectivity index (χ0) is 17.8. The summed E-state index contributed by atoms with van der Waals surface area (Å²) in [4.78, 5) is 4.52. The highest BCUT2D eigenvalue weighted by Gasteiger charge is 2.09. The summed E-state index contributed by atoms with van der Waals surface area (Å²) in [6, 6.07) is 14.8. The summed E-state index contributed by atoms with van der Waals surface area (Å²) < 4.78 is 14.6. The molecule has 0 saturated heterocycles. The number of nitrogens with one attached hydrogen (secondary N) is 1. The topological polar surface area (TPSA) is 48.7 Å². The molecule has 0 amide bonds. The summed E-state index contributed by atoms with van der Waals surface area (Å²) in [5.74, 6) is -0.288. The van der Waals surface area contributed by atoms with Gasteiger partial charge in [-0.25, -0.2) is 9.37 Å². The molecule has 0 aliphatic rings. The van der Waals surface area contributed by atoms with E-state index in [4.69, 9.17) is 0 Å². The number of allylic oxidation sites excluding steroid dienone is 1. The third-order valence-corrected chi connectivity index (χ3v) is 4.95. The molecule has 0 bridgehead atoms. The molecule has 25 heavy (non-hydrogen) atoms. The van der Waals surface area contributed by atoms with E-state index in [-0.39, 0.29) is 5.82 Å². The average molecular weight is 414 g/mol. The largest absolute Gasteiger partial charge is 0.360 e. The fourth-order valence-electron chi connectivity index (χ4n) is 2.13. The molecule has 124 valence electrons. The molecule has 0 radical (unpaired) electrons. The highest BCUT2D eigenvalue weighted by atomic mass is 79.9. The van der Waals surface area contributed by atoms with Crippen LogP contribution in [0.2, 0.25) is 0 Å². The molecule has 0 atom stereocenters. The Labute approximate surface area is 157 Å². The number of rotatable bonds is 4. The van der Waals surface area contributed by atoms with Gasteiger partial charge in [-0.15, -0.1) is 11.3 Å². The van der Waals surface area contributed by atoms with Crippen molar-refractivity contribution in [2.45, 2.75) is 6.92 Å². The second-order valence-corrected chi connectivity index (χ2v) is 7.10. The lowest BCUT2D eigenvalue weighted by Gasteiger charge is -2.03. The van der Waals surface area contributed by atoms with Gasteiger partial charge in [-0.05, 0) is 36.8 Å². The van der Waals surface area contributed by atoms with Crippen molar-refractivity contribution in [3.63, 3.8) is 0 Å². The number of hydrogen-bond acceptors (Lipinski definition) is 4. The first-order valence-corrected chi connectivity index (χ1v) is 9.09. The van der Waals surface area contributed by atoms with Crippen LogP contribution in [0.25, 0.3) is 16.8 Å². The maximum atomic E-state index is 13.6. The first kappa shape index (κ1) is 17.3. The number of nitrogens with zero attached hydrogens (tertiary/aromatic N) is 2. The number of aromatic nitrogens is 1. The van der Waals surface area contributed by atoms with Crippen LogP contribution in [0.4, 0.5) is 10.1 Å². The number of thiazole rings is 1. The van der Waals surface area contributed by atoms with Crippen LogP contribution in [0.1, 0.15) is 10.6 Å². The molecule has 6 heteroatoms. The van der Waals surface area contributed by atoms with Crippen LogP contribution in [0.3, 0.4) is 0 Å². The number of halogens is 2. The Kier molecular flexibility index (Phi) is 5.27. The average Bonchev–Trinajstić information content (AvgIpc) is 3.09. The van der Waals surface area contributed by atoms with E-state index in [0.717, 1.165) is 15.7 Å². The number of hydrogen-bond donors (Lipinski definition) is 1. The summed E-state index contributed by atoms with van der Waals surface area (Å²) in [5.41, 5.74) is 3.36. The van der Waals surface area contributed by atoms with Gasteiger partial charge in [-0.1, -0.05) is 34.1 Å². The molecule has 3 rings (SSSR count). The van der Waals surface area contributed by atoms with Gasteiger partial charge in [0.2, 0.25) is 0 Å². The van der Waals surface area contributed by atoms with Crippen LogP contribution in [0.15, 0.2) is 58.5 Å². The van der Waals surface area contributed by atoms with Gasteiger partial charge in [0.1, 0.15) is 22.5 Å². The molecule has 2 aromatic carbocycles. The van der Waals surface area contributed by atoms with Gasteiger partial charge in [0.25, 0.3) is 0 Å². The van der Waals surface area contributed by atoms with Gasteiger partial charge in [-0.3, -0.25) is 0 Å². The van der Waals surface area contributed by atoms with Crippen molar-refractivity contribution in [2.24, 2.45) is 0 Å². The molecular formula is C19H13BrFN3S. The Morgan fingerprint density at radius 3 is 2.72 bits per heavy atom. The van der Waals surface area contributed by atoms with Crippen LogP contribution in [-0.2, 0) is 0 Å². The van der Waals surface area contributed by atoms with E-state index in [2.05, 4.69) is 32.3 Å². The van der Waals surface area contributed by atoms with E-state index >= 15 is 0 Å². The smallest absolute Gasteiger partial charge is 0.136 e. The fraction of sp³-hybridized carbons (Fsp3) is 0.0526. The zero-order valence-electron chi connectivity index (χ0n) is 13.3. The SMILES string of the molecule is Cc1ccc(NC=C(C#N)c2nc(-c3ccc(Br)cc3)cs2)cc1F. The van der Waals surface area contributed by atoms with Crippen molar-refractivity contribution in [3.8, 4) is 17.3 Å². The van der Waals surface area contributed by atoms with E-state index in [1.54, 1.807) is 25.3 Å². The Balaban J connectivity index is 1.82. The number of benzene rings is 2. The summed E-state index contributed by atoms with van der Waals surface area (Å²) in [6.45, 7) is 1.70. The number of nitriles is 1.